The quantitative estimate of drug-likeness (QED) is 0.723. The van der Waals surface area contributed by atoms with Gasteiger partial charge in [-0.05, 0) is 20.8 Å². The van der Waals surface area contributed by atoms with Crippen LogP contribution in [-0.2, 0) is 9.47 Å². The van der Waals surface area contributed by atoms with Gasteiger partial charge in [0.25, 0.3) is 0 Å². The molecule has 0 unspecified atom stereocenters. The summed E-state index contributed by atoms with van der Waals surface area (Å²) in [4.78, 5) is 17.0. The van der Waals surface area contributed by atoms with Crippen LogP contribution in [0.25, 0.3) is 0 Å². The zero-order chi connectivity index (χ0) is 12.0. The van der Waals surface area contributed by atoms with Crippen LogP contribution in [0.2, 0.25) is 0 Å². The number of hydrogen-bond donors (Lipinski definition) is 0. The third kappa shape index (κ3) is 3.12. The third-order valence-corrected chi connectivity index (χ3v) is 1.89. The van der Waals surface area contributed by atoms with E-state index < -0.39 is 6.09 Å². The van der Waals surface area contributed by atoms with E-state index in [1.807, 2.05) is 6.92 Å². The van der Waals surface area contributed by atoms with E-state index in [4.69, 9.17) is 9.47 Å². The van der Waals surface area contributed by atoms with Crippen molar-refractivity contribution in [1.29, 1.82) is 0 Å². The van der Waals surface area contributed by atoms with E-state index in [2.05, 4.69) is 4.99 Å². The van der Waals surface area contributed by atoms with Gasteiger partial charge in [-0.25, -0.2) is 9.79 Å². The molecular weight excluding hydrogens is 208 g/mol. The highest BCUT2D eigenvalue weighted by molar-refractivity contribution is 5.90. The summed E-state index contributed by atoms with van der Waals surface area (Å²) in [5.41, 5.74) is 0.708. The standard InChI is InChI=1S/C11H16N2O3/c1-4-15-10-8-9(3)13(7-6-12-10)11(14)16-5-2/h6-8H,4-5H2,1-3H3. The first-order valence-corrected chi connectivity index (χ1v) is 5.20. The minimum absolute atomic E-state index is 0.343. The van der Waals surface area contributed by atoms with Crippen LogP contribution in [0.5, 0.6) is 0 Å². The molecule has 16 heavy (non-hydrogen) atoms. The van der Waals surface area contributed by atoms with Crippen LogP contribution in [0, 0.1) is 0 Å². The number of aliphatic imine (C=N–C) groups is 1. The molecule has 0 atom stereocenters. The highest BCUT2D eigenvalue weighted by Gasteiger charge is 2.15. The molecule has 1 aliphatic rings. The van der Waals surface area contributed by atoms with Crippen LogP contribution in [0.1, 0.15) is 20.8 Å². The maximum atomic E-state index is 11.5. The van der Waals surface area contributed by atoms with Gasteiger partial charge in [-0.3, -0.25) is 4.90 Å². The number of carbonyl (C=O) groups excluding carboxylic acids is 1. The van der Waals surface area contributed by atoms with Crippen molar-refractivity contribution in [2.24, 2.45) is 4.99 Å². The fraction of sp³-hybridized carbons (Fsp3) is 0.455. The molecule has 1 rings (SSSR count). The van der Waals surface area contributed by atoms with Crippen molar-refractivity contribution in [3.05, 3.63) is 24.2 Å². The second kappa shape index (κ2) is 5.95. The Morgan fingerprint density at radius 2 is 2.19 bits per heavy atom. The molecule has 0 aliphatic carbocycles. The Morgan fingerprint density at radius 1 is 1.44 bits per heavy atom. The lowest BCUT2D eigenvalue weighted by molar-refractivity contribution is 0.130. The number of hydrogen-bond acceptors (Lipinski definition) is 4. The average molecular weight is 224 g/mol. The van der Waals surface area contributed by atoms with Crippen molar-refractivity contribution in [3.63, 3.8) is 0 Å². The monoisotopic (exact) mass is 224 g/mol. The minimum atomic E-state index is -0.416. The fourth-order valence-corrected chi connectivity index (χ4v) is 1.20. The highest BCUT2D eigenvalue weighted by atomic mass is 16.6. The lowest BCUT2D eigenvalue weighted by Crippen LogP contribution is -2.24. The Balaban J connectivity index is 2.79. The van der Waals surface area contributed by atoms with Gasteiger partial charge in [-0.15, -0.1) is 0 Å². The lowest BCUT2D eigenvalue weighted by atomic mass is 10.4. The van der Waals surface area contributed by atoms with E-state index in [-0.39, 0.29) is 0 Å². The SMILES string of the molecule is CCOC(=O)N1C=CN=C(OCC)C=C1C. The Labute approximate surface area is 95.0 Å². The Morgan fingerprint density at radius 3 is 2.81 bits per heavy atom. The summed E-state index contributed by atoms with van der Waals surface area (Å²) in [6, 6.07) is 0. The number of amides is 1. The summed E-state index contributed by atoms with van der Waals surface area (Å²) in [6.45, 7) is 6.32. The molecule has 88 valence electrons. The summed E-state index contributed by atoms with van der Waals surface area (Å²) >= 11 is 0. The van der Waals surface area contributed by atoms with Gasteiger partial charge >= 0.3 is 6.09 Å². The van der Waals surface area contributed by atoms with E-state index in [9.17, 15) is 4.79 Å². The van der Waals surface area contributed by atoms with E-state index >= 15 is 0 Å². The molecule has 0 N–H and O–H groups in total. The number of allylic oxidation sites excluding steroid dienone is 1. The van der Waals surface area contributed by atoms with Gasteiger partial charge in [0.15, 0.2) is 0 Å². The van der Waals surface area contributed by atoms with Crippen molar-refractivity contribution >= 4 is 12.0 Å². The van der Waals surface area contributed by atoms with Gasteiger partial charge < -0.3 is 9.47 Å². The van der Waals surface area contributed by atoms with Crippen LogP contribution in [0.15, 0.2) is 29.2 Å². The fourth-order valence-electron chi connectivity index (χ4n) is 1.20. The maximum absolute atomic E-state index is 11.5. The van der Waals surface area contributed by atoms with Crippen molar-refractivity contribution in [1.82, 2.24) is 4.90 Å². The number of carbonyl (C=O) groups is 1. The maximum Gasteiger partial charge on any atom is 0.418 e. The summed E-state index contributed by atoms with van der Waals surface area (Å²) in [5, 5.41) is 0. The molecule has 0 fully saturated rings. The molecule has 5 heteroatoms. The van der Waals surface area contributed by atoms with Crippen LogP contribution in [0.3, 0.4) is 0 Å². The zero-order valence-corrected chi connectivity index (χ0v) is 9.77. The molecule has 0 aromatic rings. The Bertz CT molecular complexity index is 345. The molecule has 0 radical (unpaired) electrons. The van der Waals surface area contributed by atoms with E-state index in [0.717, 1.165) is 0 Å². The summed E-state index contributed by atoms with van der Waals surface area (Å²) in [7, 11) is 0. The molecule has 0 spiro atoms. The molecule has 0 aromatic heterocycles. The molecule has 0 saturated carbocycles. The molecule has 1 aliphatic heterocycles. The number of ether oxygens (including phenoxy) is 2. The lowest BCUT2D eigenvalue weighted by Gasteiger charge is -2.16. The average Bonchev–Trinajstić information content (AvgIpc) is 2.41. The summed E-state index contributed by atoms with van der Waals surface area (Å²) in [5.74, 6) is 0.489. The smallest absolute Gasteiger partial charge is 0.418 e. The summed E-state index contributed by atoms with van der Waals surface area (Å²) in [6.07, 6.45) is 4.34. The molecule has 0 saturated heterocycles. The first-order chi connectivity index (χ1) is 7.69. The molecule has 5 nitrogen and oxygen atoms in total. The second-order valence-corrected chi connectivity index (χ2v) is 3.05. The normalized spacial score (nSPS) is 15.1. The summed E-state index contributed by atoms with van der Waals surface area (Å²) < 4.78 is 10.2. The van der Waals surface area contributed by atoms with Gasteiger partial charge in [0.05, 0.1) is 13.2 Å². The predicted molar refractivity (Wildman–Crippen MR) is 60.8 cm³/mol. The zero-order valence-electron chi connectivity index (χ0n) is 9.77. The molecule has 0 aromatic carbocycles. The minimum Gasteiger partial charge on any atom is -0.478 e. The first kappa shape index (κ1) is 12.3. The van der Waals surface area contributed by atoms with Gasteiger partial charge in [-0.1, -0.05) is 0 Å². The van der Waals surface area contributed by atoms with Crippen molar-refractivity contribution < 1.29 is 14.3 Å². The molecule has 1 amide bonds. The third-order valence-electron chi connectivity index (χ3n) is 1.89. The van der Waals surface area contributed by atoms with Gasteiger partial charge in [0.2, 0.25) is 5.90 Å². The van der Waals surface area contributed by atoms with Gasteiger partial charge in [-0.2, -0.15) is 0 Å². The van der Waals surface area contributed by atoms with E-state index in [1.54, 1.807) is 26.1 Å². The van der Waals surface area contributed by atoms with Crippen LogP contribution < -0.4 is 0 Å². The first-order valence-electron chi connectivity index (χ1n) is 5.20. The van der Waals surface area contributed by atoms with E-state index in [1.165, 1.54) is 11.1 Å². The van der Waals surface area contributed by atoms with Gasteiger partial charge in [0.1, 0.15) is 0 Å². The predicted octanol–water partition coefficient (Wildman–Crippen LogP) is 2.27. The number of nitrogens with zero attached hydrogens (tertiary/aromatic N) is 2. The van der Waals surface area contributed by atoms with Crippen molar-refractivity contribution in [2.75, 3.05) is 13.2 Å². The van der Waals surface area contributed by atoms with Crippen LogP contribution >= 0.6 is 0 Å². The second-order valence-electron chi connectivity index (χ2n) is 3.05. The molecule has 0 bridgehead atoms. The van der Waals surface area contributed by atoms with Crippen LogP contribution in [0.4, 0.5) is 4.79 Å². The van der Waals surface area contributed by atoms with Crippen molar-refractivity contribution in [3.8, 4) is 0 Å². The molecular formula is C11H16N2O3. The largest absolute Gasteiger partial charge is 0.478 e. The number of rotatable bonds is 2. The van der Waals surface area contributed by atoms with E-state index in [0.29, 0.717) is 24.8 Å². The van der Waals surface area contributed by atoms with Crippen molar-refractivity contribution in [2.45, 2.75) is 20.8 Å². The Hall–Kier alpha value is -1.78. The highest BCUT2D eigenvalue weighted by Crippen LogP contribution is 2.11. The Kier molecular flexibility index (Phi) is 4.57. The van der Waals surface area contributed by atoms with Gasteiger partial charge in [0, 0.05) is 24.2 Å². The van der Waals surface area contributed by atoms with Crippen LogP contribution in [-0.4, -0.2) is 30.1 Å². The molecule has 1 heterocycles. The topological polar surface area (TPSA) is 51.1 Å².